The second-order valence-corrected chi connectivity index (χ2v) is 9.82. The fraction of sp³-hybridized carbons (Fsp3) is 0.129. The minimum Gasteiger partial charge on any atom is -0.507 e. The number of aromatic hydroxyl groups is 1. The van der Waals surface area contributed by atoms with Crippen molar-refractivity contribution in [3.63, 3.8) is 0 Å². The number of rotatable bonds is 4. The van der Waals surface area contributed by atoms with Gasteiger partial charge in [0.25, 0.3) is 0 Å². The number of nitrogens with two attached hydrogens (primary N) is 1. The second kappa shape index (κ2) is 8.25. The summed E-state index contributed by atoms with van der Waals surface area (Å²) in [5.74, 6) is 0.752. The Labute approximate surface area is 214 Å². The summed E-state index contributed by atoms with van der Waals surface area (Å²) in [6.07, 6.45) is 5.17. The van der Waals surface area contributed by atoms with E-state index in [9.17, 15) is 5.11 Å². The first-order valence-electron chi connectivity index (χ1n) is 12.5. The van der Waals surface area contributed by atoms with Gasteiger partial charge in [0.15, 0.2) is 11.5 Å². The van der Waals surface area contributed by atoms with Crippen LogP contribution >= 0.6 is 0 Å². The number of fused-ring (bicyclic) bond motifs is 3. The monoisotopic (exact) mass is 483 g/mol. The highest BCUT2D eigenvalue weighted by atomic mass is 16.3. The number of benzene rings is 3. The zero-order chi connectivity index (χ0) is 25.0. The molecule has 0 atom stereocenters. The summed E-state index contributed by atoms with van der Waals surface area (Å²) in [6.45, 7) is 0. The summed E-state index contributed by atoms with van der Waals surface area (Å²) in [7, 11) is 0. The number of phenols is 1. The molecule has 3 aromatic heterocycles. The Balaban J connectivity index is 1.43. The van der Waals surface area contributed by atoms with E-state index in [1.54, 1.807) is 12.1 Å². The fourth-order valence-electron chi connectivity index (χ4n) is 5.31. The zero-order valence-electron chi connectivity index (χ0n) is 20.2. The Hall–Kier alpha value is -4.55. The molecule has 1 aliphatic rings. The van der Waals surface area contributed by atoms with Crippen molar-refractivity contribution in [1.29, 1.82) is 0 Å². The Morgan fingerprint density at radius 3 is 2.27 bits per heavy atom. The molecule has 0 saturated heterocycles. The fourth-order valence-corrected chi connectivity index (χ4v) is 5.31. The van der Waals surface area contributed by atoms with Crippen LogP contribution in [-0.2, 0) is 5.54 Å². The lowest BCUT2D eigenvalue weighted by Gasteiger charge is -2.38. The molecule has 3 aromatic carbocycles. The summed E-state index contributed by atoms with van der Waals surface area (Å²) in [4.78, 5) is 5.14. The average molecular weight is 484 g/mol. The third kappa shape index (κ3) is 3.49. The molecule has 180 valence electrons. The summed E-state index contributed by atoms with van der Waals surface area (Å²) in [5, 5.41) is 20.2. The number of pyridine rings is 2. The van der Waals surface area contributed by atoms with Crippen molar-refractivity contribution in [2.45, 2.75) is 24.8 Å². The predicted octanol–water partition coefficient (Wildman–Crippen LogP) is 6.32. The van der Waals surface area contributed by atoms with Crippen molar-refractivity contribution < 1.29 is 5.11 Å². The first-order valence-corrected chi connectivity index (χ1v) is 12.5. The van der Waals surface area contributed by atoms with E-state index in [0.29, 0.717) is 17.0 Å². The van der Waals surface area contributed by atoms with Crippen molar-refractivity contribution in [3.05, 3.63) is 103 Å². The molecule has 0 unspecified atom stereocenters. The van der Waals surface area contributed by atoms with Crippen molar-refractivity contribution in [2.24, 2.45) is 5.73 Å². The number of para-hydroxylation sites is 1. The van der Waals surface area contributed by atoms with Crippen LogP contribution < -0.4 is 5.73 Å². The van der Waals surface area contributed by atoms with Crippen LogP contribution in [-0.4, -0.2) is 24.7 Å². The summed E-state index contributed by atoms with van der Waals surface area (Å²) < 4.78 is 1.90. The van der Waals surface area contributed by atoms with E-state index in [0.717, 1.165) is 46.1 Å². The SMILES string of the molecule is NC1(c2ccc(-c3nc4ccn5c(-c6ccccc6O)nnc5c4cc3-c3ccccc3)cc2)CCC1. The highest BCUT2D eigenvalue weighted by Crippen LogP contribution is 2.40. The highest BCUT2D eigenvalue weighted by Gasteiger charge is 2.34. The van der Waals surface area contributed by atoms with Gasteiger partial charge in [-0.25, -0.2) is 4.98 Å². The molecule has 6 aromatic rings. The number of nitrogens with zero attached hydrogens (tertiary/aromatic N) is 4. The maximum absolute atomic E-state index is 10.4. The molecule has 0 aliphatic heterocycles. The molecule has 7 rings (SSSR count). The molecule has 37 heavy (non-hydrogen) atoms. The van der Waals surface area contributed by atoms with E-state index in [1.165, 1.54) is 12.0 Å². The van der Waals surface area contributed by atoms with Crippen LogP contribution in [0, 0.1) is 0 Å². The van der Waals surface area contributed by atoms with Crippen molar-refractivity contribution in [1.82, 2.24) is 19.6 Å². The van der Waals surface area contributed by atoms with Gasteiger partial charge in [-0.15, -0.1) is 10.2 Å². The molecular weight excluding hydrogens is 458 g/mol. The second-order valence-electron chi connectivity index (χ2n) is 9.82. The van der Waals surface area contributed by atoms with Gasteiger partial charge in [-0.1, -0.05) is 66.7 Å². The Kier molecular flexibility index (Phi) is 4.84. The summed E-state index contributed by atoms with van der Waals surface area (Å²) in [6, 6.07) is 30.1. The first kappa shape index (κ1) is 21.7. The lowest BCUT2D eigenvalue weighted by atomic mass is 9.72. The smallest absolute Gasteiger partial charge is 0.172 e. The minimum absolute atomic E-state index is 0.167. The average Bonchev–Trinajstić information content (AvgIpc) is 3.36. The maximum atomic E-state index is 10.4. The molecule has 3 heterocycles. The topological polar surface area (TPSA) is 89.3 Å². The summed E-state index contributed by atoms with van der Waals surface area (Å²) >= 11 is 0. The van der Waals surface area contributed by atoms with Gasteiger partial charge in [-0.3, -0.25) is 4.40 Å². The van der Waals surface area contributed by atoms with Crippen molar-refractivity contribution in [3.8, 4) is 39.5 Å². The van der Waals surface area contributed by atoms with E-state index in [1.807, 2.05) is 47.0 Å². The Morgan fingerprint density at radius 2 is 1.54 bits per heavy atom. The molecule has 1 aliphatic carbocycles. The van der Waals surface area contributed by atoms with Gasteiger partial charge in [0.1, 0.15) is 5.75 Å². The maximum Gasteiger partial charge on any atom is 0.172 e. The molecular formula is C31H25N5O. The first-order chi connectivity index (χ1) is 18.1. The van der Waals surface area contributed by atoms with E-state index < -0.39 is 0 Å². The third-order valence-corrected chi connectivity index (χ3v) is 7.58. The molecule has 6 heteroatoms. The molecule has 6 nitrogen and oxygen atoms in total. The number of phenolic OH excluding ortho intramolecular Hbond substituents is 1. The normalized spacial score (nSPS) is 14.6. The quantitative estimate of drug-likeness (QED) is 0.306. The molecule has 0 amide bonds. The van der Waals surface area contributed by atoms with Gasteiger partial charge in [0.2, 0.25) is 0 Å². The van der Waals surface area contributed by atoms with Gasteiger partial charge in [0.05, 0.1) is 16.8 Å². The van der Waals surface area contributed by atoms with Gasteiger partial charge >= 0.3 is 0 Å². The predicted molar refractivity (Wildman–Crippen MR) is 146 cm³/mol. The van der Waals surface area contributed by atoms with E-state index in [2.05, 4.69) is 52.7 Å². The number of hydrogen-bond donors (Lipinski definition) is 2. The van der Waals surface area contributed by atoms with Crippen molar-refractivity contribution in [2.75, 3.05) is 0 Å². The zero-order valence-corrected chi connectivity index (χ0v) is 20.2. The van der Waals surface area contributed by atoms with E-state index in [-0.39, 0.29) is 11.3 Å². The van der Waals surface area contributed by atoms with Crippen LogP contribution in [0.4, 0.5) is 0 Å². The molecule has 1 saturated carbocycles. The van der Waals surface area contributed by atoms with Gasteiger partial charge in [-0.05, 0) is 54.7 Å². The third-order valence-electron chi connectivity index (χ3n) is 7.58. The van der Waals surface area contributed by atoms with Crippen LogP contribution in [0.5, 0.6) is 5.75 Å². The molecule has 1 fully saturated rings. The Morgan fingerprint density at radius 1 is 0.784 bits per heavy atom. The number of hydrogen-bond acceptors (Lipinski definition) is 5. The van der Waals surface area contributed by atoms with Gasteiger partial charge in [-0.2, -0.15) is 0 Å². The number of aromatic nitrogens is 4. The van der Waals surface area contributed by atoms with Gasteiger partial charge < -0.3 is 10.8 Å². The van der Waals surface area contributed by atoms with Crippen LogP contribution in [0.15, 0.2) is 97.2 Å². The van der Waals surface area contributed by atoms with Crippen LogP contribution in [0.2, 0.25) is 0 Å². The van der Waals surface area contributed by atoms with E-state index in [4.69, 9.17) is 10.7 Å². The van der Waals surface area contributed by atoms with E-state index >= 15 is 0 Å². The minimum atomic E-state index is -0.193. The lowest BCUT2D eigenvalue weighted by molar-refractivity contribution is 0.253. The standard InChI is InChI=1S/C31H25N5O/c32-31(16-6-17-31)22-13-11-21(12-14-22)28-24(20-7-2-1-3-8-20)19-25-26(33-28)15-18-36-29(34-35-30(25)36)23-9-4-5-10-27(23)37/h1-5,7-15,18-19,37H,6,16-17,32H2. The largest absolute Gasteiger partial charge is 0.507 e. The highest BCUT2D eigenvalue weighted by molar-refractivity contribution is 5.98. The van der Waals surface area contributed by atoms with Crippen LogP contribution in [0.1, 0.15) is 24.8 Å². The van der Waals surface area contributed by atoms with Crippen molar-refractivity contribution >= 4 is 16.6 Å². The lowest BCUT2D eigenvalue weighted by Crippen LogP contribution is -2.43. The van der Waals surface area contributed by atoms with Crippen LogP contribution in [0.3, 0.4) is 0 Å². The van der Waals surface area contributed by atoms with Crippen LogP contribution in [0.25, 0.3) is 50.3 Å². The molecule has 0 radical (unpaired) electrons. The van der Waals surface area contributed by atoms with Gasteiger partial charge in [0, 0.05) is 28.2 Å². The molecule has 0 spiro atoms. The molecule has 3 N–H and O–H groups in total. The summed E-state index contributed by atoms with van der Waals surface area (Å²) in [5.41, 5.74) is 13.8. The Bertz CT molecular complexity index is 1770. The molecule has 0 bridgehead atoms.